The third kappa shape index (κ3) is 4.45. The SMILES string of the molecule is COC(=O)[C@@H](C)CCOCc1ccccc1. The largest absolute Gasteiger partial charge is 0.469 e. The Labute approximate surface area is 96.4 Å². The topological polar surface area (TPSA) is 35.5 Å². The van der Waals surface area contributed by atoms with Crippen LogP contribution in [-0.2, 0) is 20.9 Å². The molecule has 0 radical (unpaired) electrons. The third-order valence-corrected chi connectivity index (χ3v) is 2.41. The fourth-order valence-electron chi connectivity index (χ4n) is 1.34. The van der Waals surface area contributed by atoms with E-state index in [9.17, 15) is 4.79 Å². The zero-order valence-corrected chi connectivity index (χ0v) is 9.81. The molecule has 0 heterocycles. The van der Waals surface area contributed by atoms with Crippen LogP contribution in [0.4, 0.5) is 0 Å². The van der Waals surface area contributed by atoms with Crippen molar-refractivity contribution in [3.05, 3.63) is 35.9 Å². The molecule has 0 spiro atoms. The highest BCUT2D eigenvalue weighted by molar-refractivity contribution is 5.71. The summed E-state index contributed by atoms with van der Waals surface area (Å²) in [5.74, 6) is -0.274. The maximum absolute atomic E-state index is 11.1. The number of methoxy groups -OCH3 is 1. The van der Waals surface area contributed by atoms with Gasteiger partial charge < -0.3 is 9.47 Å². The van der Waals surface area contributed by atoms with E-state index >= 15 is 0 Å². The van der Waals surface area contributed by atoms with Gasteiger partial charge in [0.1, 0.15) is 0 Å². The van der Waals surface area contributed by atoms with Crippen molar-refractivity contribution < 1.29 is 14.3 Å². The number of hydrogen-bond acceptors (Lipinski definition) is 3. The predicted molar refractivity (Wildman–Crippen MR) is 61.9 cm³/mol. The van der Waals surface area contributed by atoms with Crippen LogP contribution in [0.5, 0.6) is 0 Å². The second-order valence-corrected chi connectivity index (χ2v) is 3.75. The van der Waals surface area contributed by atoms with E-state index in [0.717, 1.165) is 5.56 Å². The van der Waals surface area contributed by atoms with Gasteiger partial charge in [0.15, 0.2) is 0 Å². The first-order chi connectivity index (χ1) is 7.74. The lowest BCUT2D eigenvalue weighted by atomic mass is 10.1. The van der Waals surface area contributed by atoms with Crippen LogP contribution in [0.2, 0.25) is 0 Å². The zero-order chi connectivity index (χ0) is 11.8. The Morgan fingerprint density at radius 2 is 2.00 bits per heavy atom. The molecule has 1 atom stereocenters. The van der Waals surface area contributed by atoms with Gasteiger partial charge in [0.05, 0.1) is 19.6 Å². The monoisotopic (exact) mass is 222 g/mol. The summed E-state index contributed by atoms with van der Waals surface area (Å²) in [6, 6.07) is 9.97. The van der Waals surface area contributed by atoms with E-state index in [1.165, 1.54) is 7.11 Å². The second kappa shape index (κ2) is 7.01. The van der Waals surface area contributed by atoms with Crippen molar-refractivity contribution in [2.45, 2.75) is 20.0 Å². The second-order valence-electron chi connectivity index (χ2n) is 3.75. The standard InChI is InChI=1S/C13H18O3/c1-11(13(14)15-2)8-9-16-10-12-6-4-3-5-7-12/h3-7,11H,8-10H2,1-2H3/t11-/m0/s1. The van der Waals surface area contributed by atoms with Crippen LogP contribution >= 0.6 is 0 Å². The number of ether oxygens (including phenoxy) is 2. The minimum absolute atomic E-state index is 0.0965. The molecule has 88 valence electrons. The Hall–Kier alpha value is -1.35. The molecule has 3 nitrogen and oxygen atoms in total. The first kappa shape index (κ1) is 12.7. The van der Waals surface area contributed by atoms with Crippen molar-refractivity contribution in [2.24, 2.45) is 5.92 Å². The molecular weight excluding hydrogens is 204 g/mol. The molecule has 16 heavy (non-hydrogen) atoms. The average Bonchev–Trinajstić information content (AvgIpc) is 2.34. The van der Waals surface area contributed by atoms with Gasteiger partial charge in [-0.1, -0.05) is 37.3 Å². The number of carbonyl (C=O) groups is 1. The molecule has 0 saturated heterocycles. The fraction of sp³-hybridized carbons (Fsp3) is 0.462. The minimum Gasteiger partial charge on any atom is -0.469 e. The van der Waals surface area contributed by atoms with Gasteiger partial charge in [-0.15, -0.1) is 0 Å². The number of carbonyl (C=O) groups excluding carboxylic acids is 1. The van der Waals surface area contributed by atoms with Crippen LogP contribution in [0, 0.1) is 5.92 Å². The Kier molecular flexibility index (Phi) is 5.57. The molecule has 0 aliphatic carbocycles. The van der Waals surface area contributed by atoms with E-state index in [4.69, 9.17) is 4.74 Å². The lowest BCUT2D eigenvalue weighted by Gasteiger charge is -2.09. The van der Waals surface area contributed by atoms with Crippen LogP contribution in [0.15, 0.2) is 30.3 Å². The summed E-state index contributed by atoms with van der Waals surface area (Å²) in [5, 5.41) is 0. The molecule has 0 amide bonds. The van der Waals surface area contributed by atoms with Gasteiger partial charge >= 0.3 is 5.97 Å². The number of rotatable bonds is 6. The summed E-state index contributed by atoms with van der Waals surface area (Å²) in [7, 11) is 1.41. The molecule has 0 unspecified atom stereocenters. The summed E-state index contributed by atoms with van der Waals surface area (Å²) in [5.41, 5.74) is 1.15. The van der Waals surface area contributed by atoms with Gasteiger partial charge in [-0.25, -0.2) is 0 Å². The molecule has 0 aliphatic heterocycles. The van der Waals surface area contributed by atoms with Crippen LogP contribution in [0.1, 0.15) is 18.9 Å². The smallest absolute Gasteiger partial charge is 0.308 e. The summed E-state index contributed by atoms with van der Waals surface area (Å²) < 4.78 is 10.1. The molecule has 1 aromatic rings. The highest BCUT2D eigenvalue weighted by Crippen LogP contribution is 2.06. The van der Waals surface area contributed by atoms with E-state index in [1.807, 2.05) is 37.3 Å². The van der Waals surface area contributed by atoms with Gasteiger partial charge in [-0.3, -0.25) is 4.79 Å². The first-order valence-corrected chi connectivity index (χ1v) is 5.43. The molecule has 0 aliphatic rings. The van der Waals surface area contributed by atoms with Crippen LogP contribution in [0.3, 0.4) is 0 Å². The minimum atomic E-state index is -0.177. The zero-order valence-electron chi connectivity index (χ0n) is 9.81. The molecule has 0 bridgehead atoms. The van der Waals surface area contributed by atoms with E-state index in [-0.39, 0.29) is 11.9 Å². The van der Waals surface area contributed by atoms with Crippen molar-refractivity contribution in [3.8, 4) is 0 Å². The Bertz CT molecular complexity index is 308. The van der Waals surface area contributed by atoms with Gasteiger partial charge in [0.25, 0.3) is 0 Å². The summed E-state index contributed by atoms with van der Waals surface area (Å²) in [4.78, 5) is 11.1. The van der Waals surface area contributed by atoms with Gasteiger partial charge in [0, 0.05) is 6.61 Å². The highest BCUT2D eigenvalue weighted by atomic mass is 16.5. The van der Waals surface area contributed by atoms with Crippen molar-refractivity contribution in [1.29, 1.82) is 0 Å². The summed E-state index contributed by atoms with van der Waals surface area (Å²) >= 11 is 0. The summed E-state index contributed by atoms with van der Waals surface area (Å²) in [6.45, 7) is 3.01. The van der Waals surface area contributed by atoms with Crippen LogP contribution < -0.4 is 0 Å². The van der Waals surface area contributed by atoms with Crippen LogP contribution in [-0.4, -0.2) is 19.7 Å². The molecule has 0 N–H and O–H groups in total. The number of hydrogen-bond donors (Lipinski definition) is 0. The van der Waals surface area contributed by atoms with Crippen molar-refractivity contribution in [1.82, 2.24) is 0 Å². The first-order valence-electron chi connectivity index (χ1n) is 5.43. The molecule has 1 aromatic carbocycles. The van der Waals surface area contributed by atoms with Crippen molar-refractivity contribution in [3.63, 3.8) is 0 Å². The predicted octanol–water partition coefficient (Wildman–Crippen LogP) is 2.40. The Balaban J connectivity index is 2.15. The van der Waals surface area contributed by atoms with E-state index in [2.05, 4.69) is 4.74 Å². The fourth-order valence-corrected chi connectivity index (χ4v) is 1.34. The van der Waals surface area contributed by atoms with Gasteiger partial charge in [0.2, 0.25) is 0 Å². The molecule has 3 heteroatoms. The molecule has 1 rings (SSSR count). The van der Waals surface area contributed by atoms with E-state index in [0.29, 0.717) is 19.6 Å². The third-order valence-electron chi connectivity index (χ3n) is 2.41. The maximum atomic E-state index is 11.1. The summed E-state index contributed by atoms with van der Waals surface area (Å²) in [6.07, 6.45) is 0.694. The van der Waals surface area contributed by atoms with Gasteiger partial charge in [-0.2, -0.15) is 0 Å². The van der Waals surface area contributed by atoms with Crippen molar-refractivity contribution in [2.75, 3.05) is 13.7 Å². The average molecular weight is 222 g/mol. The normalized spacial score (nSPS) is 12.1. The molecule has 0 saturated carbocycles. The van der Waals surface area contributed by atoms with Crippen molar-refractivity contribution >= 4 is 5.97 Å². The lowest BCUT2D eigenvalue weighted by molar-refractivity contribution is -0.145. The number of esters is 1. The number of benzene rings is 1. The molecular formula is C13H18O3. The highest BCUT2D eigenvalue weighted by Gasteiger charge is 2.12. The van der Waals surface area contributed by atoms with Gasteiger partial charge in [-0.05, 0) is 12.0 Å². The van der Waals surface area contributed by atoms with E-state index < -0.39 is 0 Å². The van der Waals surface area contributed by atoms with E-state index in [1.54, 1.807) is 0 Å². The molecule has 0 fully saturated rings. The quantitative estimate of drug-likeness (QED) is 0.547. The van der Waals surface area contributed by atoms with Crippen LogP contribution in [0.25, 0.3) is 0 Å². The maximum Gasteiger partial charge on any atom is 0.308 e. The molecule has 0 aromatic heterocycles. The lowest BCUT2D eigenvalue weighted by Crippen LogP contribution is -2.14. The Morgan fingerprint density at radius 3 is 2.62 bits per heavy atom. The Morgan fingerprint density at radius 1 is 1.31 bits per heavy atom.